The van der Waals surface area contributed by atoms with Crippen LogP contribution >= 0.6 is 0 Å². The maximum atomic E-state index is 11.9. The average Bonchev–Trinajstić information content (AvgIpc) is 2.71. The Kier molecular flexibility index (Phi) is 2.96. The minimum absolute atomic E-state index is 0.106. The van der Waals surface area contributed by atoms with Crippen LogP contribution in [0, 0.1) is 0 Å². The highest BCUT2D eigenvalue weighted by atomic mass is 16.2. The third kappa shape index (κ3) is 2.33. The molecule has 1 atom stereocenters. The molecule has 6 nitrogen and oxygen atoms in total. The van der Waals surface area contributed by atoms with Gasteiger partial charge in [0.25, 0.3) is 0 Å². The fourth-order valence-corrected chi connectivity index (χ4v) is 1.76. The fraction of sp³-hybridized carbons (Fsp3) is 0.667. The van der Waals surface area contributed by atoms with Gasteiger partial charge in [-0.1, -0.05) is 5.21 Å². The normalized spacial score (nSPS) is 21.7. The highest BCUT2D eigenvalue weighted by Gasteiger charge is 2.22. The van der Waals surface area contributed by atoms with Gasteiger partial charge in [-0.25, -0.2) is 4.68 Å². The summed E-state index contributed by atoms with van der Waals surface area (Å²) in [7, 11) is 0. The first-order valence-corrected chi connectivity index (χ1v) is 5.11. The molecule has 1 saturated heterocycles. The van der Waals surface area contributed by atoms with Crippen molar-refractivity contribution in [1.29, 1.82) is 0 Å². The molecule has 0 unspecified atom stereocenters. The summed E-state index contributed by atoms with van der Waals surface area (Å²) in [6.45, 7) is 4.83. The van der Waals surface area contributed by atoms with Gasteiger partial charge < -0.3 is 10.2 Å². The lowest BCUT2D eigenvalue weighted by Gasteiger charge is -2.33. The van der Waals surface area contributed by atoms with Crippen LogP contribution in [0.5, 0.6) is 0 Å². The van der Waals surface area contributed by atoms with Crippen LogP contribution in [0.3, 0.4) is 0 Å². The predicted octanol–water partition coefficient (Wildman–Crippen LogP) is -0.902. The topological polar surface area (TPSA) is 63.1 Å². The van der Waals surface area contributed by atoms with E-state index >= 15 is 0 Å². The zero-order valence-electron chi connectivity index (χ0n) is 8.76. The van der Waals surface area contributed by atoms with Crippen molar-refractivity contribution >= 4 is 5.91 Å². The number of amides is 1. The maximum Gasteiger partial charge on any atom is 0.244 e. The monoisotopic (exact) mass is 209 g/mol. The molecule has 1 N–H and O–H groups in total. The Labute approximate surface area is 88.2 Å². The van der Waals surface area contributed by atoms with Crippen molar-refractivity contribution < 1.29 is 4.79 Å². The number of carbonyl (C=O) groups is 1. The van der Waals surface area contributed by atoms with E-state index in [4.69, 9.17) is 0 Å². The molecule has 1 amide bonds. The second kappa shape index (κ2) is 4.39. The van der Waals surface area contributed by atoms with E-state index in [-0.39, 0.29) is 18.5 Å². The molecule has 0 bridgehead atoms. The standard InChI is InChI=1S/C9H15N5O/c1-8-6-10-2-5-14(8)9(15)7-13-4-3-11-12-13/h3-4,8,10H,2,5-7H2,1H3/t8-/m1/s1. The van der Waals surface area contributed by atoms with Gasteiger partial charge in [-0.15, -0.1) is 5.10 Å². The van der Waals surface area contributed by atoms with Gasteiger partial charge in [-0.05, 0) is 6.92 Å². The van der Waals surface area contributed by atoms with Crippen molar-refractivity contribution in [3.63, 3.8) is 0 Å². The molecule has 1 aromatic rings. The van der Waals surface area contributed by atoms with Crippen LogP contribution < -0.4 is 5.32 Å². The van der Waals surface area contributed by atoms with E-state index in [2.05, 4.69) is 15.6 Å². The van der Waals surface area contributed by atoms with Gasteiger partial charge in [0, 0.05) is 31.9 Å². The molecular formula is C9H15N5O. The molecule has 82 valence electrons. The van der Waals surface area contributed by atoms with E-state index in [0.29, 0.717) is 0 Å². The Hall–Kier alpha value is -1.43. The molecule has 1 aromatic heterocycles. The third-order valence-electron chi connectivity index (χ3n) is 2.59. The first kappa shape index (κ1) is 10.1. The maximum absolute atomic E-state index is 11.9. The summed E-state index contributed by atoms with van der Waals surface area (Å²) in [5.74, 6) is 0.106. The van der Waals surface area contributed by atoms with Gasteiger partial charge >= 0.3 is 0 Å². The summed E-state index contributed by atoms with van der Waals surface area (Å²) in [6.07, 6.45) is 3.28. The van der Waals surface area contributed by atoms with E-state index in [1.54, 1.807) is 17.1 Å². The summed E-state index contributed by atoms with van der Waals surface area (Å²) in [5, 5.41) is 10.7. The first-order chi connectivity index (χ1) is 7.27. The highest BCUT2D eigenvalue weighted by Crippen LogP contribution is 2.03. The summed E-state index contributed by atoms with van der Waals surface area (Å²) in [4.78, 5) is 13.8. The molecule has 0 aromatic carbocycles. The van der Waals surface area contributed by atoms with Gasteiger partial charge in [0.1, 0.15) is 6.54 Å². The van der Waals surface area contributed by atoms with Crippen molar-refractivity contribution in [2.45, 2.75) is 19.5 Å². The van der Waals surface area contributed by atoms with Crippen LogP contribution in [0.15, 0.2) is 12.4 Å². The summed E-state index contributed by atoms with van der Waals surface area (Å²) < 4.78 is 1.55. The highest BCUT2D eigenvalue weighted by molar-refractivity contribution is 5.76. The zero-order valence-corrected chi connectivity index (χ0v) is 8.76. The van der Waals surface area contributed by atoms with Crippen LogP contribution in [0.25, 0.3) is 0 Å². The molecule has 1 aliphatic heterocycles. The van der Waals surface area contributed by atoms with Crippen LogP contribution in [0.2, 0.25) is 0 Å². The number of hydrogen-bond donors (Lipinski definition) is 1. The third-order valence-corrected chi connectivity index (χ3v) is 2.59. The number of nitrogens with zero attached hydrogens (tertiary/aromatic N) is 4. The smallest absolute Gasteiger partial charge is 0.244 e. The van der Waals surface area contributed by atoms with Crippen molar-refractivity contribution in [3.8, 4) is 0 Å². The fourth-order valence-electron chi connectivity index (χ4n) is 1.76. The van der Waals surface area contributed by atoms with Crippen molar-refractivity contribution in [2.75, 3.05) is 19.6 Å². The minimum atomic E-state index is 0.106. The molecule has 0 aliphatic carbocycles. The summed E-state index contributed by atoms with van der Waals surface area (Å²) in [6, 6.07) is 0.259. The second-order valence-corrected chi connectivity index (χ2v) is 3.74. The predicted molar refractivity (Wildman–Crippen MR) is 54.1 cm³/mol. The lowest BCUT2D eigenvalue weighted by Crippen LogP contribution is -2.53. The van der Waals surface area contributed by atoms with Gasteiger partial charge in [0.15, 0.2) is 0 Å². The molecule has 6 heteroatoms. The minimum Gasteiger partial charge on any atom is -0.336 e. The number of hydrogen-bond acceptors (Lipinski definition) is 4. The summed E-state index contributed by atoms with van der Waals surface area (Å²) in [5.41, 5.74) is 0. The van der Waals surface area contributed by atoms with Gasteiger partial charge in [0.05, 0.1) is 6.20 Å². The quantitative estimate of drug-likeness (QED) is 0.685. The molecule has 1 aliphatic rings. The molecule has 1 fully saturated rings. The van der Waals surface area contributed by atoms with Crippen LogP contribution in [0.1, 0.15) is 6.92 Å². The van der Waals surface area contributed by atoms with Crippen molar-refractivity contribution in [3.05, 3.63) is 12.4 Å². The van der Waals surface area contributed by atoms with E-state index in [1.807, 2.05) is 11.8 Å². The molecular weight excluding hydrogens is 194 g/mol. The molecule has 0 radical (unpaired) electrons. The molecule has 0 spiro atoms. The zero-order chi connectivity index (χ0) is 10.7. The molecule has 0 saturated carbocycles. The Balaban J connectivity index is 1.95. The van der Waals surface area contributed by atoms with E-state index < -0.39 is 0 Å². The molecule has 2 heterocycles. The van der Waals surface area contributed by atoms with Crippen molar-refractivity contribution in [1.82, 2.24) is 25.2 Å². The lowest BCUT2D eigenvalue weighted by atomic mass is 10.2. The first-order valence-electron chi connectivity index (χ1n) is 5.11. The van der Waals surface area contributed by atoms with E-state index in [0.717, 1.165) is 19.6 Å². The largest absolute Gasteiger partial charge is 0.336 e. The van der Waals surface area contributed by atoms with Gasteiger partial charge in [0.2, 0.25) is 5.91 Å². The van der Waals surface area contributed by atoms with E-state index in [1.165, 1.54) is 0 Å². The number of aromatic nitrogens is 3. The number of rotatable bonds is 2. The molecule has 2 rings (SSSR count). The van der Waals surface area contributed by atoms with Crippen molar-refractivity contribution in [2.24, 2.45) is 0 Å². The van der Waals surface area contributed by atoms with Crippen LogP contribution in [-0.2, 0) is 11.3 Å². The van der Waals surface area contributed by atoms with Crippen LogP contribution in [0.4, 0.5) is 0 Å². The molecule has 15 heavy (non-hydrogen) atoms. The Morgan fingerprint density at radius 2 is 2.53 bits per heavy atom. The Morgan fingerprint density at radius 1 is 1.67 bits per heavy atom. The average molecular weight is 209 g/mol. The van der Waals surface area contributed by atoms with E-state index in [9.17, 15) is 4.79 Å². The second-order valence-electron chi connectivity index (χ2n) is 3.74. The number of nitrogens with one attached hydrogen (secondary N) is 1. The SMILES string of the molecule is C[C@@H]1CNCCN1C(=O)Cn1ccnn1. The van der Waals surface area contributed by atoms with Gasteiger partial charge in [-0.3, -0.25) is 4.79 Å². The van der Waals surface area contributed by atoms with Gasteiger partial charge in [-0.2, -0.15) is 0 Å². The Morgan fingerprint density at radius 3 is 3.20 bits per heavy atom. The number of carbonyl (C=O) groups excluding carboxylic acids is 1. The van der Waals surface area contributed by atoms with Crippen LogP contribution in [-0.4, -0.2) is 51.5 Å². The Bertz CT molecular complexity index is 323. The number of piperazine rings is 1. The summed E-state index contributed by atoms with van der Waals surface area (Å²) >= 11 is 0. The lowest BCUT2D eigenvalue weighted by molar-refractivity contribution is -0.134.